The molecule has 1 aliphatic carbocycles. The van der Waals surface area contributed by atoms with Gasteiger partial charge in [0.05, 0.1) is 21.7 Å². The van der Waals surface area contributed by atoms with Crippen LogP contribution in [0.25, 0.3) is 0 Å². The minimum Gasteiger partial charge on any atom is -0.397 e. The van der Waals surface area contributed by atoms with E-state index in [1.54, 1.807) is 6.92 Å². The van der Waals surface area contributed by atoms with Gasteiger partial charge in [-0.15, -0.1) is 11.3 Å². The molecule has 2 fully saturated rings. The Morgan fingerprint density at radius 2 is 2.20 bits per heavy atom. The number of ether oxygens (including phenoxy) is 1. The zero-order valence-corrected chi connectivity index (χ0v) is 12.9. The van der Waals surface area contributed by atoms with Crippen LogP contribution in [0.2, 0.25) is 0 Å². The largest absolute Gasteiger partial charge is 0.397 e. The highest BCUT2D eigenvalue weighted by atomic mass is 32.1. The van der Waals surface area contributed by atoms with E-state index < -0.39 is 0 Å². The van der Waals surface area contributed by atoms with E-state index in [9.17, 15) is 4.79 Å². The maximum Gasteiger partial charge on any atom is 0.171 e. The average molecular weight is 294 g/mol. The number of Topliss-reactive ketones (excluding diaryl/α,β-unsaturated/α-hetero) is 1. The fourth-order valence-electron chi connectivity index (χ4n) is 2.89. The quantitative estimate of drug-likeness (QED) is 0.818. The normalized spacial score (nSPS) is 25.9. The van der Waals surface area contributed by atoms with Gasteiger partial charge in [0.1, 0.15) is 0 Å². The van der Waals surface area contributed by atoms with Crippen molar-refractivity contribution in [3.8, 4) is 0 Å². The number of ketones is 1. The highest BCUT2D eigenvalue weighted by molar-refractivity contribution is 7.18. The molecule has 5 heteroatoms. The molecule has 3 N–H and O–H groups in total. The van der Waals surface area contributed by atoms with Crippen LogP contribution in [-0.4, -0.2) is 25.0 Å². The molecule has 1 aromatic heterocycles. The van der Waals surface area contributed by atoms with Crippen molar-refractivity contribution in [2.45, 2.75) is 45.1 Å². The Balaban J connectivity index is 1.77. The minimum atomic E-state index is 0.0695. The van der Waals surface area contributed by atoms with Gasteiger partial charge in [-0.25, -0.2) is 0 Å². The Hall–Kier alpha value is -1.07. The molecule has 3 rings (SSSR count). The van der Waals surface area contributed by atoms with Gasteiger partial charge in [-0.3, -0.25) is 4.79 Å². The van der Waals surface area contributed by atoms with Gasteiger partial charge < -0.3 is 15.8 Å². The van der Waals surface area contributed by atoms with Crippen LogP contribution in [-0.2, 0) is 4.74 Å². The highest BCUT2D eigenvalue weighted by Gasteiger charge is 2.33. The van der Waals surface area contributed by atoms with Gasteiger partial charge in [0.2, 0.25) is 0 Å². The molecule has 2 aliphatic rings. The van der Waals surface area contributed by atoms with Gasteiger partial charge in [0.25, 0.3) is 0 Å². The van der Waals surface area contributed by atoms with Crippen molar-refractivity contribution in [1.82, 2.24) is 0 Å². The van der Waals surface area contributed by atoms with E-state index in [1.165, 1.54) is 29.7 Å². The van der Waals surface area contributed by atoms with Crippen LogP contribution in [0.4, 0.5) is 10.7 Å². The molecule has 4 nitrogen and oxygen atoms in total. The third-order valence-corrected chi connectivity index (χ3v) is 5.63. The molecule has 1 saturated heterocycles. The van der Waals surface area contributed by atoms with Crippen molar-refractivity contribution in [2.24, 2.45) is 5.92 Å². The van der Waals surface area contributed by atoms with E-state index in [1.807, 2.05) is 0 Å². The zero-order valence-electron chi connectivity index (χ0n) is 12.1. The maximum absolute atomic E-state index is 11.7. The molecular formula is C15H22N2O2S. The predicted molar refractivity (Wildman–Crippen MR) is 82.7 cm³/mol. The first-order valence-corrected chi connectivity index (χ1v) is 8.18. The number of thiophene rings is 1. The highest BCUT2D eigenvalue weighted by Crippen LogP contribution is 2.51. The van der Waals surface area contributed by atoms with Crippen LogP contribution in [0.1, 0.15) is 54.3 Å². The number of carbonyl (C=O) groups is 1. The summed E-state index contributed by atoms with van der Waals surface area (Å²) >= 11 is 1.52. The van der Waals surface area contributed by atoms with E-state index in [0.29, 0.717) is 28.5 Å². The zero-order chi connectivity index (χ0) is 14.3. The molecule has 2 heterocycles. The lowest BCUT2D eigenvalue weighted by Crippen LogP contribution is -2.20. The van der Waals surface area contributed by atoms with Gasteiger partial charge in [0, 0.05) is 31.6 Å². The van der Waals surface area contributed by atoms with E-state index in [0.717, 1.165) is 24.6 Å². The van der Waals surface area contributed by atoms with Crippen LogP contribution in [0, 0.1) is 5.92 Å². The predicted octanol–water partition coefficient (Wildman–Crippen LogP) is 3.25. The maximum atomic E-state index is 11.7. The van der Waals surface area contributed by atoms with Gasteiger partial charge in [-0.2, -0.15) is 0 Å². The number of rotatable bonds is 5. The summed E-state index contributed by atoms with van der Waals surface area (Å²) in [6.45, 7) is 5.48. The minimum absolute atomic E-state index is 0.0695. The molecule has 0 aromatic carbocycles. The molecule has 20 heavy (non-hydrogen) atoms. The molecule has 1 aliphatic heterocycles. The molecular weight excluding hydrogens is 272 g/mol. The standard InChI is InChI=1S/C15H22N2O2S/c1-8(18)14-13(16)12(10-3-4-10)15(20-14)17-7-11-5-6-19-9(11)2/h9-11,17H,3-7,16H2,1-2H3. The summed E-state index contributed by atoms with van der Waals surface area (Å²) in [7, 11) is 0. The van der Waals surface area contributed by atoms with Crippen molar-refractivity contribution in [3.05, 3.63) is 10.4 Å². The number of nitrogens with one attached hydrogen (secondary N) is 1. The molecule has 2 unspecified atom stereocenters. The van der Waals surface area contributed by atoms with Gasteiger partial charge in [0.15, 0.2) is 5.78 Å². The van der Waals surface area contributed by atoms with Gasteiger partial charge in [-0.1, -0.05) is 0 Å². The second-order valence-corrected chi connectivity index (χ2v) is 6.94. The Labute approximate surface area is 123 Å². The van der Waals surface area contributed by atoms with Crippen LogP contribution >= 0.6 is 11.3 Å². The number of hydrogen-bond acceptors (Lipinski definition) is 5. The van der Waals surface area contributed by atoms with Crippen molar-refractivity contribution >= 4 is 27.8 Å². The summed E-state index contributed by atoms with van der Waals surface area (Å²) < 4.78 is 5.60. The van der Waals surface area contributed by atoms with Crippen LogP contribution in [0.15, 0.2) is 0 Å². The molecule has 0 bridgehead atoms. The smallest absolute Gasteiger partial charge is 0.171 e. The van der Waals surface area contributed by atoms with Crippen molar-refractivity contribution in [2.75, 3.05) is 24.2 Å². The first-order valence-electron chi connectivity index (χ1n) is 7.36. The van der Waals surface area contributed by atoms with Gasteiger partial charge >= 0.3 is 0 Å². The molecule has 0 spiro atoms. The number of anilines is 2. The lowest BCUT2D eigenvalue weighted by molar-refractivity contribution is 0.102. The lowest BCUT2D eigenvalue weighted by Gasteiger charge is -2.15. The monoisotopic (exact) mass is 294 g/mol. The summed E-state index contributed by atoms with van der Waals surface area (Å²) in [5.74, 6) is 1.17. The van der Waals surface area contributed by atoms with Gasteiger partial charge in [-0.05, 0) is 32.1 Å². The number of nitrogen functional groups attached to an aromatic ring is 1. The van der Waals surface area contributed by atoms with Crippen molar-refractivity contribution < 1.29 is 9.53 Å². The SMILES string of the molecule is CC(=O)c1sc(NCC2CCOC2C)c(C2CC2)c1N. The van der Waals surface area contributed by atoms with Crippen LogP contribution < -0.4 is 11.1 Å². The molecule has 2 atom stereocenters. The van der Waals surface area contributed by atoms with Crippen molar-refractivity contribution in [3.63, 3.8) is 0 Å². The Morgan fingerprint density at radius 1 is 1.45 bits per heavy atom. The summed E-state index contributed by atoms with van der Waals surface area (Å²) in [5.41, 5.74) is 8.08. The number of nitrogens with two attached hydrogens (primary N) is 1. The first-order chi connectivity index (χ1) is 9.58. The third kappa shape index (κ3) is 2.56. The van der Waals surface area contributed by atoms with Crippen molar-refractivity contribution in [1.29, 1.82) is 0 Å². The Morgan fingerprint density at radius 3 is 2.75 bits per heavy atom. The fourth-order valence-corrected chi connectivity index (χ4v) is 4.00. The van der Waals surface area contributed by atoms with Crippen LogP contribution in [0.5, 0.6) is 0 Å². The van der Waals surface area contributed by atoms with E-state index >= 15 is 0 Å². The van der Waals surface area contributed by atoms with Crippen LogP contribution in [0.3, 0.4) is 0 Å². The molecule has 0 amide bonds. The number of hydrogen-bond donors (Lipinski definition) is 2. The Bertz CT molecular complexity index is 522. The summed E-state index contributed by atoms with van der Waals surface area (Å²) in [6.07, 6.45) is 3.80. The number of carbonyl (C=O) groups excluding carboxylic acids is 1. The second-order valence-electron chi connectivity index (χ2n) is 5.92. The topological polar surface area (TPSA) is 64.3 Å². The molecule has 110 valence electrons. The molecule has 1 saturated carbocycles. The average Bonchev–Trinajstić information content (AvgIpc) is 3.06. The first kappa shape index (κ1) is 13.9. The van der Waals surface area contributed by atoms with E-state index in [2.05, 4.69) is 12.2 Å². The Kier molecular flexibility index (Phi) is 3.73. The summed E-state index contributed by atoms with van der Waals surface area (Å²) in [4.78, 5) is 12.4. The molecule has 0 radical (unpaired) electrons. The molecule has 1 aromatic rings. The third-order valence-electron chi connectivity index (χ3n) is 4.35. The summed E-state index contributed by atoms with van der Waals surface area (Å²) in [6, 6.07) is 0. The van der Waals surface area contributed by atoms with E-state index in [4.69, 9.17) is 10.5 Å². The summed E-state index contributed by atoms with van der Waals surface area (Å²) in [5, 5.41) is 4.64. The van der Waals surface area contributed by atoms with E-state index in [-0.39, 0.29) is 5.78 Å². The lowest BCUT2D eigenvalue weighted by atomic mass is 10.0. The second kappa shape index (κ2) is 5.37. The fraction of sp³-hybridized carbons (Fsp3) is 0.667.